The number of amides is 1. The van der Waals surface area contributed by atoms with Gasteiger partial charge in [0.1, 0.15) is 17.1 Å². The summed E-state index contributed by atoms with van der Waals surface area (Å²) in [6.45, 7) is 1.52. The summed E-state index contributed by atoms with van der Waals surface area (Å²) >= 11 is 17.9. The Morgan fingerprint density at radius 2 is 1.77 bits per heavy atom. The van der Waals surface area contributed by atoms with E-state index >= 15 is 0 Å². The van der Waals surface area contributed by atoms with Crippen LogP contribution in [0.3, 0.4) is 0 Å². The lowest BCUT2D eigenvalue weighted by molar-refractivity contribution is -0.122. The highest BCUT2D eigenvalue weighted by atomic mass is 35.5. The minimum absolute atomic E-state index is 0.0493. The van der Waals surface area contributed by atoms with Crippen molar-refractivity contribution in [1.82, 2.24) is 0 Å². The van der Waals surface area contributed by atoms with Crippen molar-refractivity contribution in [2.45, 2.75) is 13.0 Å². The number of rotatable bonds is 6. The lowest BCUT2D eigenvalue weighted by Gasteiger charge is -2.17. The number of halogens is 3. The van der Waals surface area contributed by atoms with Crippen LogP contribution in [-0.2, 0) is 4.79 Å². The second-order valence-corrected chi connectivity index (χ2v) is 6.41. The summed E-state index contributed by atoms with van der Waals surface area (Å²) in [6.07, 6.45) is -0.908. The molecule has 2 aromatic rings. The average Bonchev–Trinajstić information content (AvgIpc) is 2.58. The fourth-order valence-electron chi connectivity index (χ4n) is 2.03. The highest BCUT2D eigenvalue weighted by molar-refractivity contribution is 6.35. The molecule has 2 aromatic carbocycles. The fourth-order valence-corrected chi connectivity index (χ4v) is 2.70. The summed E-state index contributed by atoms with van der Waals surface area (Å²) in [6, 6.07) is 7.15. The van der Waals surface area contributed by atoms with Gasteiger partial charge in [0.15, 0.2) is 6.10 Å². The van der Waals surface area contributed by atoms with Crippen LogP contribution in [0.2, 0.25) is 15.1 Å². The van der Waals surface area contributed by atoms with Gasteiger partial charge in [-0.05, 0) is 31.2 Å². The van der Waals surface area contributed by atoms with E-state index in [9.17, 15) is 9.59 Å². The van der Waals surface area contributed by atoms with E-state index in [1.807, 2.05) is 0 Å². The molecular formula is C17H14Cl3NO5. The molecule has 0 heterocycles. The molecular weight excluding hydrogens is 405 g/mol. The number of methoxy groups -OCH3 is 1. The Hall–Kier alpha value is -2.15. The molecule has 0 aromatic heterocycles. The van der Waals surface area contributed by atoms with E-state index in [0.29, 0.717) is 10.8 Å². The number of carbonyl (C=O) groups excluding carboxylic acids is 1. The van der Waals surface area contributed by atoms with Crippen LogP contribution in [0.25, 0.3) is 0 Å². The standard InChI is InChI=1S/C17H14Cl3NO5/c1-8(26-14-4-3-9(18)5-12(14)20)16(22)21-13-7-15(25-2)10(17(23)24)6-11(13)19/h3-8H,1-2H3,(H,21,22)(H,23,24). The molecule has 0 radical (unpaired) electrons. The van der Waals surface area contributed by atoms with E-state index in [0.717, 1.165) is 0 Å². The number of hydrogen-bond donors (Lipinski definition) is 2. The van der Waals surface area contributed by atoms with Crippen LogP contribution < -0.4 is 14.8 Å². The molecule has 9 heteroatoms. The first-order valence-electron chi connectivity index (χ1n) is 7.26. The maximum Gasteiger partial charge on any atom is 0.339 e. The van der Waals surface area contributed by atoms with Crippen molar-refractivity contribution in [3.8, 4) is 11.5 Å². The molecule has 6 nitrogen and oxygen atoms in total. The third-order valence-corrected chi connectivity index (χ3v) is 4.19. The largest absolute Gasteiger partial charge is 0.496 e. The summed E-state index contributed by atoms with van der Waals surface area (Å²) in [5.41, 5.74) is 0.0731. The summed E-state index contributed by atoms with van der Waals surface area (Å²) in [5, 5.41) is 12.4. The molecule has 1 amide bonds. The third kappa shape index (κ3) is 4.72. The number of ether oxygens (including phenoxy) is 2. The second-order valence-electron chi connectivity index (χ2n) is 5.16. The first-order chi connectivity index (χ1) is 12.2. The van der Waals surface area contributed by atoms with Crippen LogP contribution >= 0.6 is 34.8 Å². The van der Waals surface area contributed by atoms with Crippen molar-refractivity contribution in [3.63, 3.8) is 0 Å². The summed E-state index contributed by atoms with van der Waals surface area (Å²) < 4.78 is 10.5. The average molecular weight is 419 g/mol. The number of anilines is 1. The fraction of sp³-hybridized carbons (Fsp3) is 0.176. The first kappa shape index (κ1) is 20.2. The summed E-state index contributed by atoms with van der Waals surface area (Å²) in [5.74, 6) is -1.35. The molecule has 0 fully saturated rings. The predicted octanol–water partition coefficient (Wildman–Crippen LogP) is 4.76. The van der Waals surface area contributed by atoms with Crippen LogP contribution in [0.4, 0.5) is 5.69 Å². The number of carboxylic acid groups (broad SMARTS) is 1. The highest BCUT2D eigenvalue weighted by Gasteiger charge is 2.20. The number of carboxylic acids is 1. The molecule has 0 aliphatic carbocycles. The quantitative estimate of drug-likeness (QED) is 0.706. The molecule has 1 unspecified atom stereocenters. The van der Waals surface area contributed by atoms with Gasteiger partial charge in [-0.1, -0.05) is 34.8 Å². The molecule has 2 N–H and O–H groups in total. The van der Waals surface area contributed by atoms with Crippen molar-refractivity contribution in [2.75, 3.05) is 12.4 Å². The zero-order chi connectivity index (χ0) is 19.4. The van der Waals surface area contributed by atoms with Crippen LogP contribution in [0.15, 0.2) is 30.3 Å². The maximum absolute atomic E-state index is 12.3. The van der Waals surface area contributed by atoms with Gasteiger partial charge in [0.05, 0.1) is 22.8 Å². The van der Waals surface area contributed by atoms with Crippen LogP contribution in [0, 0.1) is 0 Å². The van der Waals surface area contributed by atoms with E-state index in [2.05, 4.69) is 5.32 Å². The Bertz CT molecular complexity index is 857. The van der Waals surface area contributed by atoms with Gasteiger partial charge in [0.25, 0.3) is 5.91 Å². The molecule has 0 bridgehead atoms. The molecule has 0 saturated carbocycles. The molecule has 0 aliphatic heterocycles. The lowest BCUT2D eigenvalue weighted by atomic mass is 10.1. The minimum Gasteiger partial charge on any atom is -0.496 e. The first-order valence-corrected chi connectivity index (χ1v) is 8.39. The third-order valence-electron chi connectivity index (χ3n) is 3.34. The van der Waals surface area contributed by atoms with Crippen LogP contribution in [0.5, 0.6) is 11.5 Å². The monoisotopic (exact) mass is 417 g/mol. The minimum atomic E-state index is -1.20. The van der Waals surface area contributed by atoms with Gasteiger partial charge in [0.2, 0.25) is 0 Å². The van der Waals surface area contributed by atoms with Crippen molar-refractivity contribution >= 4 is 52.4 Å². The van der Waals surface area contributed by atoms with Gasteiger partial charge in [0, 0.05) is 11.1 Å². The van der Waals surface area contributed by atoms with Crippen LogP contribution in [0.1, 0.15) is 17.3 Å². The molecule has 1 atom stereocenters. The smallest absolute Gasteiger partial charge is 0.339 e. The topological polar surface area (TPSA) is 84.9 Å². The van der Waals surface area contributed by atoms with E-state index in [1.54, 1.807) is 12.1 Å². The Morgan fingerprint density at radius 3 is 2.35 bits per heavy atom. The molecule has 26 heavy (non-hydrogen) atoms. The molecule has 0 saturated heterocycles. The summed E-state index contributed by atoms with van der Waals surface area (Å²) in [7, 11) is 1.32. The molecule has 0 spiro atoms. The van der Waals surface area contributed by atoms with E-state index in [1.165, 1.54) is 32.2 Å². The van der Waals surface area contributed by atoms with E-state index < -0.39 is 18.0 Å². The van der Waals surface area contributed by atoms with Gasteiger partial charge in [-0.15, -0.1) is 0 Å². The zero-order valence-electron chi connectivity index (χ0n) is 13.7. The second kappa shape index (κ2) is 8.49. The van der Waals surface area contributed by atoms with Crippen molar-refractivity contribution < 1.29 is 24.2 Å². The van der Waals surface area contributed by atoms with E-state index in [-0.39, 0.29) is 27.0 Å². The van der Waals surface area contributed by atoms with Gasteiger partial charge in [-0.2, -0.15) is 0 Å². The number of hydrogen-bond acceptors (Lipinski definition) is 4. The lowest BCUT2D eigenvalue weighted by Crippen LogP contribution is -2.30. The Balaban J connectivity index is 2.17. The maximum atomic E-state index is 12.3. The number of benzene rings is 2. The predicted molar refractivity (Wildman–Crippen MR) is 100 cm³/mol. The Labute approximate surface area is 164 Å². The van der Waals surface area contributed by atoms with Crippen LogP contribution in [-0.4, -0.2) is 30.2 Å². The zero-order valence-corrected chi connectivity index (χ0v) is 15.9. The Morgan fingerprint density at radius 1 is 1.08 bits per heavy atom. The van der Waals surface area contributed by atoms with Crippen molar-refractivity contribution in [3.05, 3.63) is 51.0 Å². The van der Waals surface area contributed by atoms with Crippen molar-refractivity contribution in [2.24, 2.45) is 0 Å². The normalized spacial score (nSPS) is 11.6. The highest BCUT2D eigenvalue weighted by Crippen LogP contribution is 2.32. The van der Waals surface area contributed by atoms with Gasteiger partial charge >= 0.3 is 5.97 Å². The number of carbonyl (C=O) groups is 2. The van der Waals surface area contributed by atoms with Gasteiger partial charge in [-0.25, -0.2) is 4.79 Å². The van der Waals surface area contributed by atoms with Crippen molar-refractivity contribution in [1.29, 1.82) is 0 Å². The number of aromatic carboxylic acids is 1. The number of nitrogens with one attached hydrogen (secondary N) is 1. The van der Waals surface area contributed by atoms with E-state index in [4.69, 9.17) is 49.4 Å². The SMILES string of the molecule is COc1cc(NC(=O)C(C)Oc2ccc(Cl)cc2Cl)c(Cl)cc1C(=O)O. The molecule has 0 aliphatic rings. The van der Waals surface area contributed by atoms with Gasteiger partial charge < -0.3 is 19.9 Å². The molecule has 2 rings (SSSR count). The molecule has 138 valence electrons. The summed E-state index contributed by atoms with van der Waals surface area (Å²) in [4.78, 5) is 23.5. The van der Waals surface area contributed by atoms with Gasteiger partial charge in [-0.3, -0.25) is 4.79 Å². The Kier molecular flexibility index (Phi) is 6.58.